The van der Waals surface area contributed by atoms with Crippen molar-refractivity contribution in [2.75, 3.05) is 11.5 Å². The number of nitrogen functional groups attached to an aromatic ring is 1. The molecule has 5 nitrogen and oxygen atoms in total. The van der Waals surface area contributed by atoms with Gasteiger partial charge in [-0.05, 0) is 24.6 Å². The van der Waals surface area contributed by atoms with Crippen LogP contribution in [0.4, 0.5) is 5.69 Å². The smallest absolute Gasteiger partial charge is 0.264 e. The molecule has 0 heterocycles. The number of carbonyl (C=O) groups is 1. The summed E-state index contributed by atoms with van der Waals surface area (Å²) >= 11 is 5.72. The summed E-state index contributed by atoms with van der Waals surface area (Å²) in [5.41, 5.74) is 5.93. The van der Waals surface area contributed by atoms with Gasteiger partial charge < -0.3 is 5.73 Å². The second kappa shape index (κ2) is 5.37. The van der Waals surface area contributed by atoms with Crippen LogP contribution in [0.25, 0.3) is 0 Å². The molecule has 0 saturated carbocycles. The summed E-state index contributed by atoms with van der Waals surface area (Å²) < 4.78 is 24.7. The lowest BCUT2D eigenvalue weighted by Gasteiger charge is -2.06. The molecule has 3 N–H and O–H groups in total. The van der Waals surface area contributed by atoms with Gasteiger partial charge in [-0.3, -0.25) is 4.79 Å². The number of halogens is 1. The number of nitrogens with one attached hydrogen (secondary N) is 1. The molecule has 1 amide bonds. The molecular formula is C10H13ClN2O3S. The lowest BCUT2D eigenvalue weighted by atomic mass is 10.2. The van der Waals surface area contributed by atoms with E-state index in [4.69, 9.17) is 17.3 Å². The largest absolute Gasteiger partial charge is 0.399 e. The van der Waals surface area contributed by atoms with E-state index >= 15 is 0 Å². The Morgan fingerprint density at radius 3 is 2.59 bits per heavy atom. The van der Waals surface area contributed by atoms with Crippen LogP contribution in [0.3, 0.4) is 0 Å². The lowest BCUT2D eigenvalue weighted by molar-refractivity contribution is 0.0981. The molecule has 0 atom stereocenters. The zero-order chi connectivity index (χ0) is 13.1. The fourth-order valence-corrected chi connectivity index (χ4v) is 2.55. The van der Waals surface area contributed by atoms with Crippen molar-refractivity contribution in [3.05, 3.63) is 28.8 Å². The number of sulfonamides is 1. The van der Waals surface area contributed by atoms with Crippen molar-refractivity contribution in [3.63, 3.8) is 0 Å². The number of benzene rings is 1. The van der Waals surface area contributed by atoms with E-state index < -0.39 is 15.9 Å². The number of amides is 1. The van der Waals surface area contributed by atoms with Crippen molar-refractivity contribution in [2.24, 2.45) is 0 Å². The van der Waals surface area contributed by atoms with Gasteiger partial charge in [-0.15, -0.1) is 0 Å². The zero-order valence-electron chi connectivity index (χ0n) is 9.23. The number of nitrogens with two attached hydrogens (primary N) is 1. The Labute approximate surface area is 105 Å². The molecule has 17 heavy (non-hydrogen) atoms. The lowest BCUT2D eigenvalue weighted by Crippen LogP contribution is -2.32. The van der Waals surface area contributed by atoms with E-state index in [2.05, 4.69) is 0 Å². The molecule has 0 spiro atoms. The third-order valence-corrected chi connectivity index (χ3v) is 3.56. The van der Waals surface area contributed by atoms with Crippen molar-refractivity contribution in [2.45, 2.75) is 13.3 Å². The van der Waals surface area contributed by atoms with Crippen LogP contribution >= 0.6 is 11.6 Å². The third-order valence-electron chi connectivity index (χ3n) is 1.90. The summed E-state index contributed by atoms with van der Waals surface area (Å²) in [4.78, 5) is 11.6. The Bertz CT molecular complexity index is 508. The maximum Gasteiger partial charge on any atom is 0.264 e. The van der Waals surface area contributed by atoms with Gasteiger partial charge in [-0.25, -0.2) is 13.1 Å². The molecule has 0 fully saturated rings. The van der Waals surface area contributed by atoms with Crippen molar-refractivity contribution < 1.29 is 13.2 Å². The highest BCUT2D eigenvalue weighted by Crippen LogP contribution is 2.16. The number of rotatable bonds is 4. The zero-order valence-corrected chi connectivity index (χ0v) is 10.8. The van der Waals surface area contributed by atoms with Crippen molar-refractivity contribution in [1.29, 1.82) is 0 Å². The normalized spacial score (nSPS) is 11.2. The van der Waals surface area contributed by atoms with E-state index in [1.165, 1.54) is 18.2 Å². The third kappa shape index (κ3) is 4.24. The molecule has 0 aliphatic carbocycles. The van der Waals surface area contributed by atoms with Crippen molar-refractivity contribution in [3.8, 4) is 0 Å². The SMILES string of the molecule is CCCS(=O)(=O)NC(=O)c1cc(N)cc(Cl)c1. The van der Waals surface area contributed by atoms with Crippen LogP contribution in [0, 0.1) is 0 Å². The maximum atomic E-state index is 11.6. The van der Waals surface area contributed by atoms with Crippen molar-refractivity contribution in [1.82, 2.24) is 4.72 Å². The first-order valence-electron chi connectivity index (χ1n) is 4.95. The molecule has 0 saturated heterocycles. The van der Waals surface area contributed by atoms with Gasteiger partial charge in [0.05, 0.1) is 5.75 Å². The second-order valence-corrected chi connectivity index (χ2v) is 5.80. The molecular weight excluding hydrogens is 264 g/mol. The topological polar surface area (TPSA) is 89.3 Å². The Morgan fingerprint density at radius 1 is 1.41 bits per heavy atom. The highest BCUT2D eigenvalue weighted by molar-refractivity contribution is 7.90. The van der Waals surface area contributed by atoms with Crippen LogP contribution in [0.5, 0.6) is 0 Å². The second-order valence-electron chi connectivity index (χ2n) is 3.52. The molecule has 0 aliphatic rings. The fourth-order valence-electron chi connectivity index (χ4n) is 1.26. The standard InChI is InChI=1S/C10H13ClN2O3S/c1-2-3-17(15,16)13-10(14)7-4-8(11)6-9(12)5-7/h4-6H,2-3,12H2,1H3,(H,13,14). The van der Waals surface area contributed by atoms with Crippen molar-refractivity contribution >= 4 is 33.2 Å². The van der Waals surface area contributed by atoms with Gasteiger partial charge in [-0.2, -0.15) is 0 Å². The average Bonchev–Trinajstić information content (AvgIpc) is 2.14. The minimum absolute atomic E-state index is 0.102. The monoisotopic (exact) mass is 276 g/mol. The molecule has 94 valence electrons. The van der Waals surface area contributed by atoms with Gasteiger partial charge in [0, 0.05) is 16.3 Å². The number of carbonyl (C=O) groups excluding carboxylic acids is 1. The number of hydrogen-bond acceptors (Lipinski definition) is 4. The van der Waals surface area contributed by atoms with Crippen LogP contribution in [-0.4, -0.2) is 20.1 Å². The molecule has 0 bridgehead atoms. The number of hydrogen-bond donors (Lipinski definition) is 2. The van der Waals surface area contributed by atoms with Crippen LogP contribution < -0.4 is 10.5 Å². The average molecular weight is 277 g/mol. The summed E-state index contributed by atoms with van der Waals surface area (Å²) in [5, 5.41) is 0.281. The maximum absolute atomic E-state index is 11.6. The van der Waals surface area contributed by atoms with Crippen LogP contribution in [0.2, 0.25) is 5.02 Å². The van der Waals surface area contributed by atoms with E-state index in [1.807, 2.05) is 4.72 Å². The molecule has 0 aliphatic heterocycles. The van der Waals surface area contributed by atoms with Gasteiger partial charge in [-0.1, -0.05) is 18.5 Å². The Morgan fingerprint density at radius 2 is 2.06 bits per heavy atom. The van der Waals surface area contributed by atoms with Gasteiger partial charge in [0.15, 0.2) is 0 Å². The molecule has 1 rings (SSSR count). The minimum atomic E-state index is -3.59. The highest BCUT2D eigenvalue weighted by atomic mass is 35.5. The van der Waals surface area contributed by atoms with Gasteiger partial charge >= 0.3 is 0 Å². The van der Waals surface area contributed by atoms with E-state index in [0.29, 0.717) is 12.1 Å². The minimum Gasteiger partial charge on any atom is -0.399 e. The first-order valence-corrected chi connectivity index (χ1v) is 6.98. The van der Waals surface area contributed by atoms with Gasteiger partial charge in [0.25, 0.3) is 5.91 Å². The van der Waals surface area contributed by atoms with E-state index in [1.54, 1.807) is 6.92 Å². The van der Waals surface area contributed by atoms with Crippen LogP contribution in [-0.2, 0) is 10.0 Å². The molecule has 0 radical (unpaired) electrons. The molecule has 0 unspecified atom stereocenters. The van der Waals surface area contributed by atoms with Crippen LogP contribution in [0.15, 0.2) is 18.2 Å². The molecule has 0 aromatic heterocycles. The van der Waals surface area contributed by atoms with Crippen LogP contribution in [0.1, 0.15) is 23.7 Å². The molecule has 1 aromatic carbocycles. The Kier molecular flexibility index (Phi) is 4.36. The van der Waals surface area contributed by atoms with Gasteiger partial charge in [0.2, 0.25) is 10.0 Å². The predicted molar refractivity (Wildman–Crippen MR) is 67.4 cm³/mol. The first kappa shape index (κ1) is 13.8. The fraction of sp³-hybridized carbons (Fsp3) is 0.300. The predicted octanol–water partition coefficient (Wildman–Crippen LogP) is 1.39. The summed E-state index contributed by atoms with van der Waals surface area (Å²) in [6.45, 7) is 1.71. The van der Waals surface area contributed by atoms with E-state index in [0.717, 1.165) is 0 Å². The Balaban J connectivity index is 2.91. The highest BCUT2D eigenvalue weighted by Gasteiger charge is 2.15. The van der Waals surface area contributed by atoms with E-state index in [-0.39, 0.29) is 16.3 Å². The number of anilines is 1. The Hall–Kier alpha value is -1.27. The summed E-state index contributed by atoms with van der Waals surface area (Å²) in [6.07, 6.45) is 0.431. The summed E-state index contributed by atoms with van der Waals surface area (Å²) in [7, 11) is -3.59. The summed E-state index contributed by atoms with van der Waals surface area (Å²) in [5.74, 6) is -0.831. The first-order chi connectivity index (χ1) is 7.84. The molecule has 1 aromatic rings. The quantitative estimate of drug-likeness (QED) is 0.813. The van der Waals surface area contributed by atoms with E-state index in [9.17, 15) is 13.2 Å². The summed E-state index contributed by atoms with van der Waals surface area (Å²) in [6, 6.07) is 4.19. The molecule has 7 heteroatoms. The van der Waals surface area contributed by atoms with Gasteiger partial charge in [0.1, 0.15) is 0 Å².